The summed E-state index contributed by atoms with van der Waals surface area (Å²) in [5, 5.41) is 3.20. The van der Waals surface area contributed by atoms with Crippen LogP contribution in [0.3, 0.4) is 0 Å². The largest absolute Gasteiger partial charge is 0.342 e. The molecular weight excluding hydrogens is 204 g/mol. The fraction of sp³-hybridized carbons (Fsp3) is 0.833. The van der Waals surface area contributed by atoms with Crippen molar-refractivity contribution in [1.29, 1.82) is 0 Å². The van der Waals surface area contributed by atoms with Gasteiger partial charge in [-0.2, -0.15) is 0 Å². The smallest absolute Gasteiger partial charge is 0.291 e. The third-order valence-electron chi connectivity index (χ3n) is 2.12. The van der Waals surface area contributed by atoms with Crippen molar-refractivity contribution in [2.24, 2.45) is 0 Å². The Bertz CT molecular complexity index is 254. The van der Waals surface area contributed by atoms with E-state index < -0.39 is 5.91 Å². The predicted octanol–water partition coefficient (Wildman–Crippen LogP) is 1.20. The number of hydrogen-bond acceptors (Lipinski definition) is 3. The molecule has 1 atom stereocenters. The third-order valence-corrected chi connectivity index (χ3v) is 2.12. The maximum absolute atomic E-state index is 11.9. The minimum absolute atomic E-state index is 0.165. The van der Waals surface area contributed by atoms with E-state index in [1.54, 1.807) is 14.1 Å². The van der Waals surface area contributed by atoms with Crippen LogP contribution in [0.4, 0.5) is 0 Å². The molecule has 0 fully saturated rings. The Labute approximate surface area is 98.4 Å². The molecular formula is C12H24N2O2. The Morgan fingerprint density at radius 2 is 1.75 bits per heavy atom. The summed E-state index contributed by atoms with van der Waals surface area (Å²) in [5.74, 6) is -0.781. The summed E-state index contributed by atoms with van der Waals surface area (Å²) in [7, 11) is 3.20. The first-order valence-electron chi connectivity index (χ1n) is 5.72. The molecule has 0 aliphatic heterocycles. The number of carbonyl (C=O) groups is 2. The Balaban J connectivity index is 4.65. The summed E-state index contributed by atoms with van der Waals surface area (Å²) in [4.78, 5) is 24.8. The number of nitrogens with zero attached hydrogens (tertiary/aromatic N) is 1. The quantitative estimate of drug-likeness (QED) is 0.719. The van der Waals surface area contributed by atoms with Gasteiger partial charge in [-0.15, -0.1) is 0 Å². The second kappa shape index (κ2) is 5.99. The van der Waals surface area contributed by atoms with E-state index in [1.165, 1.54) is 4.90 Å². The Hall–Kier alpha value is -0.900. The van der Waals surface area contributed by atoms with Crippen LogP contribution in [0.15, 0.2) is 0 Å². The van der Waals surface area contributed by atoms with Crippen molar-refractivity contribution in [2.45, 2.75) is 52.1 Å². The van der Waals surface area contributed by atoms with E-state index in [2.05, 4.69) is 5.32 Å². The normalized spacial score (nSPS) is 13.4. The molecule has 1 unspecified atom stereocenters. The zero-order valence-corrected chi connectivity index (χ0v) is 11.3. The summed E-state index contributed by atoms with van der Waals surface area (Å²) in [5.41, 5.74) is -0.165. The van der Waals surface area contributed by atoms with Crippen molar-refractivity contribution in [2.75, 3.05) is 14.1 Å². The maximum Gasteiger partial charge on any atom is 0.291 e. The third kappa shape index (κ3) is 5.26. The van der Waals surface area contributed by atoms with Gasteiger partial charge in [0.05, 0.1) is 6.04 Å². The molecule has 0 aromatic rings. The molecule has 4 heteroatoms. The van der Waals surface area contributed by atoms with E-state index in [4.69, 9.17) is 0 Å². The van der Waals surface area contributed by atoms with Gasteiger partial charge in [0, 0.05) is 19.6 Å². The van der Waals surface area contributed by atoms with Crippen molar-refractivity contribution in [1.82, 2.24) is 10.2 Å². The van der Waals surface area contributed by atoms with Crippen molar-refractivity contribution in [3.63, 3.8) is 0 Å². The minimum atomic E-state index is -0.435. The molecule has 0 heterocycles. The van der Waals surface area contributed by atoms with E-state index in [-0.39, 0.29) is 17.4 Å². The second-order valence-electron chi connectivity index (χ2n) is 5.30. The zero-order valence-electron chi connectivity index (χ0n) is 11.3. The first kappa shape index (κ1) is 15.1. The summed E-state index contributed by atoms with van der Waals surface area (Å²) in [6.45, 7) is 7.97. The molecule has 0 spiro atoms. The summed E-state index contributed by atoms with van der Waals surface area (Å²) >= 11 is 0. The lowest BCUT2D eigenvalue weighted by atomic mass is 10.0. The average Bonchev–Trinajstić information content (AvgIpc) is 2.12. The zero-order chi connectivity index (χ0) is 12.9. The lowest BCUT2D eigenvalue weighted by Gasteiger charge is -2.27. The van der Waals surface area contributed by atoms with E-state index in [0.717, 1.165) is 6.42 Å². The summed E-state index contributed by atoms with van der Waals surface area (Å²) in [6.07, 6.45) is 1.57. The van der Waals surface area contributed by atoms with Gasteiger partial charge in [-0.3, -0.25) is 9.59 Å². The van der Waals surface area contributed by atoms with Crippen LogP contribution in [-0.4, -0.2) is 42.3 Å². The SMILES string of the molecule is CCCC(NC(C)(C)C)C(=O)C(=O)N(C)C. The highest BCUT2D eigenvalue weighted by Crippen LogP contribution is 2.07. The van der Waals surface area contributed by atoms with Crippen LogP contribution in [0, 0.1) is 0 Å². The molecule has 0 aliphatic carbocycles. The van der Waals surface area contributed by atoms with Gasteiger partial charge in [-0.05, 0) is 27.2 Å². The molecule has 0 saturated heterocycles. The Kier molecular flexibility index (Phi) is 5.65. The van der Waals surface area contributed by atoms with Gasteiger partial charge in [0.15, 0.2) is 0 Å². The fourth-order valence-corrected chi connectivity index (χ4v) is 1.45. The van der Waals surface area contributed by atoms with Gasteiger partial charge in [0.25, 0.3) is 5.91 Å². The monoisotopic (exact) mass is 228 g/mol. The number of carbonyl (C=O) groups excluding carboxylic acids is 2. The van der Waals surface area contributed by atoms with Crippen molar-refractivity contribution in [3.05, 3.63) is 0 Å². The number of rotatable bonds is 5. The molecule has 0 aromatic heterocycles. The summed E-state index contributed by atoms with van der Waals surface area (Å²) in [6, 6.07) is -0.375. The van der Waals surface area contributed by atoms with Gasteiger partial charge < -0.3 is 10.2 Å². The van der Waals surface area contributed by atoms with Gasteiger partial charge in [0.2, 0.25) is 5.78 Å². The van der Waals surface area contributed by atoms with Crippen molar-refractivity contribution >= 4 is 11.7 Å². The lowest BCUT2D eigenvalue weighted by Crippen LogP contribution is -2.51. The first-order valence-corrected chi connectivity index (χ1v) is 5.72. The second-order valence-corrected chi connectivity index (χ2v) is 5.30. The van der Waals surface area contributed by atoms with Crippen LogP contribution in [-0.2, 0) is 9.59 Å². The van der Waals surface area contributed by atoms with Gasteiger partial charge in [-0.25, -0.2) is 0 Å². The minimum Gasteiger partial charge on any atom is -0.342 e. The number of likely N-dealkylation sites (N-methyl/N-ethyl adjacent to an activating group) is 1. The number of hydrogen-bond donors (Lipinski definition) is 1. The van der Waals surface area contributed by atoms with Crippen LogP contribution in [0.5, 0.6) is 0 Å². The molecule has 94 valence electrons. The molecule has 0 aliphatic rings. The van der Waals surface area contributed by atoms with E-state index in [0.29, 0.717) is 6.42 Å². The molecule has 16 heavy (non-hydrogen) atoms. The lowest BCUT2D eigenvalue weighted by molar-refractivity contribution is -0.144. The number of amides is 1. The molecule has 1 amide bonds. The topological polar surface area (TPSA) is 49.4 Å². The van der Waals surface area contributed by atoms with Crippen molar-refractivity contribution < 1.29 is 9.59 Å². The van der Waals surface area contributed by atoms with Crippen molar-refractivity contribution in [3.8, 4) is 0 Å². The van der Waals surface area contributed by atoms with Gasteiger partial charge in [-0.1, -0.05) is 13.3 Å². The van der Waals surface area contributed by atoms with Gasteiger partial charge in [0.1, 0.15) is 0 Å². The molecule has 1 N–H and O–H groups in total. The van der Waals surface area contributed by atoms with Crippen LogP contribution in [0.1, 0.15) is 40.5 Å². The summed E-state index contributed by atoms with van der Waals surface area (Å²) < 4.78 is 0. The molecule has 0 saturated carbocycles. The molecule has 0 aromatic carbocycles. The fourth-order valence-electron chi connectivity index (χ4n) is 1.45. The molecule has 0 radical (unpaired) electrons. The van der Waals surface area contributed by atoms with E-state index >= 15 is 0 Å². The predicted molar refractivity (Wildman–Crippen MR) is 65.3 cm³/mol. The van der Waals surface area contributed by atoms with Gasteiger partial charge >= 0.3 is 0 Å². The van der Waals surface area contributed by atoms with Crippen LogP contribution >= 0.6 is 0 Å². The number of Topliss-reactive ketones (excluding diaryl/α,β-unsaturated/α-hetero) is 1. The molecule has 0 bridgehead atoms. The molecule has 0 rings (SSSR count). The average molecular weight is 228 g/mol. The number of ketones is 1. The Morgan fingerprint density at radius 3 is 2.06 bits per heavy atom. The number of nitrogens with one attached hydrogen (secondary N) is 1. The van der Waals surface area contributed by atoms with E-state index in [9.17, 15) is 9.59 Å². The first-order chi connectivity index (χ1) is 7.19. The Morgan fingerprint density at radius 1 is 1.25 bits per heavy atom. The van der Waals surface area contributed by atoms with Crippen LogP contribution in [0.2, 0.25) is 0 Å². The van der Waals surface area contributed by atoms with E-state index in [1.807, 2.05) is 27.7 Å². The van der Waals surface area contributed by atoms with Crippen LogP contribution < -0.4 is 5.32 Å². The highest BCUT2D eigenvalue weighted by atomic mass is 16.2. The van der Waals surface area contributed by atoms with Crippen LogP contribution in [0.25, 0.3) is 0 Å². The standard InChI is InChI=1S/C12H24N2O2/c1-7-8-9(13-12(2,3)4)10(15)11(16)14(5)6/h9,13H,7-8H2,1-6H3. The molecule has 4 nitrogen and oxygen atoms in total. The highest BCUT2D eigenvalue weighted by molar-refractivity contribution is 6.37. The highest BCUT2D eigenvalue weighted by Gasteiger charge is 2.28. The maximum atomic E-state index is 11.9.